The molecule has 1 N–H and O–H groups in total. The van der Waals surface area contributed by atoms with Gasteiger partial charge in [-0.2, -0.15) is 4.98 Å². The molecule has 4 nitrogen and oxygen atoms in total. The highest BCUT2D eigenvalue weighted by molar-refractivity contribution is 5.20. The van der Waals surface area contributed by atoms with Crippen LogP contribution in [-0.2, 0) is 6.54 Å². The van der Waals surface area contributed by atoms with E-state index in [4.69, 9.17) is 4.52 Å². The Morgan fingerprint density at radius 2 is 2.18 bits per heavy atom. The Morgan fingerprint density at radius 1 is 1.41 bits per heavy atom. The number of benzene rings is 1. The number of aryl methyl sites for hydroxylation is 1. The van der Waals surface area contributed by atoms with Crippen molar-refractivity contribution in [2.24, 2.45) is 0 Å². The second-order valence-electron chi connectivity index (χ2n) is 3.86. The summed E-state index contributed by atoms with van der Waals surface area (Å²) in [6.07, 6.45) is 0. The van der Waals surface area contributed by atoms with E-state index in [0.717, 1.165) is 0 Å². The largest absolute Gasteiger partial charge is 0.338 e. The van der Waals surface area contributed by atoms with Crippen LogP contribution < -0.4 is 5.32 Å². The van der Waals surface area contributed by atoms with Crippen molar-refractivity contribution in [1.82, 2.24) is 15.5 Å². The van der Waals surface area contributed by atoms with Gasteiger partial charge in [0.15, 0.2) is 5.82 Å². The van der Waals surface area contributed by atoms with Crippen molar-refractivity contribution in [3.05, 3.63) is 47.4 Å². The molecule has 0 bridgehead atoms. The van der Waals surface area contributed by atoms with Gasteiger partial charge < -0.3 is 9.84 Å². The second kappa shape index (κ2) is 5.05. The zero-order chi connectivity index (χ0) is 12.3. The minimum absolute atomic E-state index is 0.108. The summed E-state index contributed by atoms with van der Waals surface area (Å²) >= 11 is 0. The average molecular weight is 235 g/mol. The molecule has 5 heteroatoms. The van der Waals surface area contributed by atoms with E-state index in [1.165, 1.54) is 6.07 Å². The van der Waals surface area contributed by atoms with Crippen molar-refractivity contribution in [2.75, 3.05) is 0 Å². The second-order valence-corrected chi connectivity index (χ2v) is 3.86. The lowest BCUT2D eigenvalue weighted by Crippen LogP contribution is -2.19. The molecule has 90 valence electrons. The molecule has 1 heterocycles. The van der Waals surface area contributed by atoms with E-state index in [0.29, 0.717) is 23.8 Å². The van der Waals surface area contributed by atoms with Gasteiger partial charge >= 0.3 is 0 Å². The van der Waals surface area contributed by atoms with Crippen molar-refractivity contribution in [2.45, 2.75) is 26.4 Å². The molecule has 0 aliphatic heterocycles. The predicted molar refractivity (Wildman–Crippen MR) is 60.7 cm³/mol. The molecule has 17 heavy (non-hydrogen) atoms. The predicted octanol–water partition coefficient (Wildman–Crippen LogP) is 2.37. The maximum Gasteiger partial charge on any atom is 0.240 e. The van der Waals surface area contributed by atoms with Crippen LogP contribution >= 0.6 is 0 Å². The molecule has 0 aliphatic carbocycles. The third-order valence-electron chi connectivity index (χ3n) is 2.50. The van der Waals surface area contributed by atoms with Crippen molar-refractivity contribution < 1.29 is 8.91 Å². The Labute approximate surface area is 98.8 Å². The lowest BCUT2D eigenvalue weighted by molar-refractivity contribution is 0.356. The molecule has 2 aromatic rings. The molecule has 0 saturated carbocycles. The maximum atomic E-state index is 13.5. The fourth-order valence-corrected chi connectivity index (χ4v) is 1.59. The molecule has 0 saturated heterocycles. The summed E-state index contributed by atoms with van der Waals surface area (Å²) in [5.41, 5.74) is 0.628. The highest BCUT2D eigenvalue weighted by atomic mass is 19.1. The molecule has 1 aromatic carbocycles. The first-order valence-electron chi connectivity index (χ1n) is 5.44. The maximum absolute atomic E-state index is 13.5. The Kier molecular flexibility index (Phi) is 3.49. The fraction of sp³-hybridized carbons (Fsp3) is 0.333. The van der Waals surface area contributed by atoms with Gasteiger partial charge in [-0.05, 0) is 19.9 Å². The van der Waals surface area contributed by atoms with E-state index in [1.54, 1.807) is 19.1 Å². The molecule has 1 aromatic heterocycles. The number of rotatable bonds is 4. The first-order valence-corrected chi connectivity index (χ1v) is 5.44. The minimum atomic E-state index is -0.214. The first-order chi connectivity index (χ1) is 8.16. The topological polar surface area (TPSA) is 51.0 Å². The van der Waals surface area contributed by atoms with E-state index in [1.807, 2.05) is 13.0 Å². The van der Waals surface area contributed by atoms with Gasteiger partial charge in [-0.25, -0.2) is 4.39 Å². The van der Waals surface area contributed by atoms with Crippen LogP contribution in [0.3, 0.4) is 0 Å². The molecule has 0 spiro atoms. The van der Waals surface area contributed by atoms with Crippen LogP contribution in [0, 0.1) is 12.7 Å². The van der Waals surface area contributed by atoms with Crippen LogP contribution in [0.2, 0.25) is 0 Å². The average Bonchev–Trinajstić information content (AvgIpc) is 2.73. The number of nitrogens with zero attached hydrogens (tertiary/aromatic N) is 2. The highest BCUT2D eigenvalue weighted by Crippen LogP contribution is 2.16. The molecular formula is C12H14FN3O. The third kappa shape index (κ3) is 2.88. The van der Waals surface area contributed by atoms with Crippen molar-refractivity contribution >= 4 is 0 Å². The monoisotopic (exact) mass is 235 g/mol. The zero-order valence-corrected chi connectivity index (χ0v) is 9.77. The summed E-state index contributed by atoms with van der Waals surface area (Å²) in [5, 5.41) is 6.82. The van der Waals surface area contributed by atoms with E-state index in [9.17, 15) is 4.39 Å². The standard InChI is InChI=1S/C12H14FN3O/c1-8(10-5-3-4-6-11(10)13)14-7-12-15-9(2)16-17-12/h3-6,8,14H,7H2,1-2H3. The summed E-state index contributed by atoms with van der Waals surface area (Å²) in [6.45, 7) is 4.07. The quantitative estimate of drug-likeness (QED) is 0.883. The van der Waals surface area contributed by atoms with Crippen molar-refractivity contribution in [1.29, 1.82) is 0 Å². The van der Waals surface area contributed by atoms with Gasteiger partial charge in [0.05, 0.1) is 6.54 Å². The Hall–Kier alpha value is -1.75. The number of hydrogen-bond donors (Lipinski definition) is 1. The van der Waals surface area contributed by atoms with Gasteiger partial charge in [-0.3, -0.25) is 0 Å². The minimum Gasteiger partial charge on any atom is -0.338 e. The SMILES string of the molecule is Cc1noc(CNC(C)c2ccccc2F)n1. The summed E-state index contributed by atoms with van der Waals surface area (Å²) in [5.74, 6) is 0.889. The smallest absolute Gasteiger partial charge is 0.240 e. The lowest BCUT2D eigenvalue weighted by Gasteiger charge is -2.13. The molecule has 1 atom stereocenters. The van der Waals surface area contributed by atoms with Gasteiger partial charge in [0.2, 0.25) is 5.89 Å². The lowest BCUT2D eigenvalue weighted by atomic mass is 10.1. The van der Waals surface area contributed by atoms with E-state index < -0.39 is 0 Å². The van der Waals surface area contributed by atoms with Crippen LogP contribution in [0.5, 0.6) is 0 Å². The van der Waals surface area contributed by atoms with Crippen molar-refractivity contribution in [3.8, 4) is 0 Å². The Morgan fingerprint density at radius 3 is 2.82 bits per heavy atom. The molecule has 0 fully saturated rings. The zero-order valence-electron chi connectivity index (χ0n) is 9.77. The fourth-order valence-electron chi connectivity index (χ4n) is 1.59. The van der Waals surface area contributed by atoms with Crippen LogP contribution in [0.25, 0.3) is 0 Å². The van der Waals surface area contributed by atoms with Gasteiger partial charge in [0, 0.05) is 11.6 Å². The summed E-state index contributed by atoms with van der Waals surface area (Å²) < 4.78 is 18.4. The number of nitrogens with one attached hydrogen (secondary N) is 1. The molecule has 1 unspecified atom stereocenters. The number of hydrogen-bond acceptors (Lipinski definition) is 4. The highest BCUT2D eigenvalue weighted by Gasteiger charge is 2.11. The Bertz CT molecular complexity index is 498. The van der Waals surface area contributed by atoms with Crippen LogP contribution in [-0.4, -0.2) is 10.1 Å². The van der Waals surface area contributed by atoms with Crippen LogP contribution in [0.15, 0.2) is 28.8 Å². The van der Waals surface area contributed by atoms with Gasteiger partial charge in [-0.15, -0.1) is 0 Å². The first kappa shape index (κ1) is 11.7. The summed E-state index contributed by atoms with van der Waals surface area (Å²) in [7, 11) is 0. The normalized spacial score (nSPS) is 12.6. The Balaban J connectivity index is 1.98. The van der Waals surface area contributed by atoms with E-state index in [-0.39, 0.29) is 11.9 Å². The summed E-state index contributed by atoms with van der Waals surface area (Å²) in [6, 6.07) is 6.58. The van der Waals surface area contributed by atoms with Crippen LogP contribution in [0.4, 0.5) is 4.39 Å². The van der Waals surface area contributed by atoms with E-state index >= 15 is 0 Å². The molecule has 0 amide bonds. The molecule has 0 aliphatic rings. The molecular weight excluding hydrogens is 221 g/mol. The number of halogens is 1. The van der Waals surface area contributed by atoms with Gasteiger partial charge in [0.25, 0.3) is 0 Å². The number of aromatic nitrogens is 2. The summed E-state index contributed by atoms with van der Waals surface area (Å²) in [4.78, 5) is 4.06. The van der Waals surface area contributed by atoms with Crippen molar-refractivity contribution in [3.63, 3.8) is 0 Å². The molecule has 2 rings (SSSR count). The molecule has 0 radical (unpaired) electrons. The van der Waals surface area contributed by atoms with Gasteiger partial charge in [-0.1, -0.05) is 23.4 Å². The van der Waals surface area contributed by atoms with Gasteiger partial charge in [0.1, 0.15) is 5.82 Å². The van der Waals surface area contributed by atoms with Crippen LogP contribution in [0.1, 0.15) is 30.2 Å². The third-order valence-corrected chi connectivity index (χ3v) is 2.50. The van der Waals surface area contributed by atoms with E-state index in [2.05, 4.69) is 15.5 Å².